The summed E-state index contributed by atoms with van der Waals surface area (Å²) in [6, 6.07) is 15.5. The maximum absolute atomic E-state index is 13.3. The summed E-state index contributed by atoms with van der Waals surface area (Å²) in [4.78, 5) is 13.3. The lowest BCUT2D eigenvalue weighted by molar-refractivity contribution is -0.137. The number of thiophene rings is 1. The predicted octanol–water partition coefficient (Wildman–Crippen LogP) is 6.08. The van der Waals surface area contributed by atoms with Crippen LogP contribution in [0, 0.1) is 0 Å². The van der Waals surface area contributed by atoms with E-state index in [1.54, 1.807) is 24.3 Å². The quantitative estimate of drug-likeness (QED) is 0.307. The van der Waals surface area contributed by atoms with Crippen LogP contribution in [0.1, 0.15) is 10.4 Å². The molecule has 0 aliphatic rings. The lowest BCUT2D eigenvalue weighted by Crippen LogP contribution is -2.24. The number of alkyl halides is 3. The van der Waals surface area contributed by atoms with Gasteiger partial charge < -0.3 is 5.32 Å². The number of halogens is 4. The number of amides is 1. The lowest BCUT2D eigenvalue weighted by atomic mass is 10.1. The lowest BCUT2D eigenvalue weighted by Gasteiger charge is -2.13. The van der Waals surface area contributed by atoms with E-state index in [0.717, 1.165) is 28.8 Å². The van der Waals surface area contributed by atoms with Gasteiger partial charge >= 0.3 is 6.18 Å². The molecule has 0 atom stereocenters. The van der Waals surface area contributed by atoms with Crippen molar-refractivity contribution in [1.29, 1.82) is 0 Å². The largest absolute Gasteiger partial charge is 0.416 e. The molecule has 4 aromatic rings. The molecule has 0 fully saturated rings. The number of hydrogen-bond acceptors (Lipinski definition) is 5. The first-order valence-electron chi connectivity index (χ1n) is 9.63. The van der Waals surface area contributed by atoms with E-state index in [9.17, 15) is 18.0 Å². The molecule has 1 amide bonds. The topological polar surface area (TPSA) is 59.8 Å². The van der Waals surface area contributed by atoms with E-state index in [-0.39, 0.29) is 28.3 Å². The van der Waals surface area contributed by atoms with Gasteiger partial charge in [-0.3, -0.25) is 9.36 Å². The standard InChI is InChI=1S/C22H16ClF3N4OS2/c23-18-9-2-1-8-17(18)20-28-29-21(33-13-19(31)27-12-16-7-4-10-32-16)30(20)15-6-3-5-14(11-15)22(24,25)26/h1-11H,12-13H2,(H,27,31). The summed E-state index contributed by atoms with van der Waals surface area (Å²) in [6.45, 7) is 0.405. The van der Waals surface area contributed by atoms with Crippen molar-refractivity contribution in [2.45, 2.75) is 17.9 Å². The number of thioether (sulfide) groups is 1. The van der Waals surface area contributed by atoms with Gasteiger partial charge in [-0.15, -0.1) is 21.5 Å². The van der Waals surface area contributed by atoms with E-state index in [0.29, 0.717) is 17.1 Å². The molecule has 11 heteroatoms. The third-order valence-corrected chi connectivity index (χ3v) is 6.69. The van der Waals surface area contributed by atoms with Crippen molar-refractivity contribution in [2.75, 3.05) is 5.75 Å². The molecule has 0 bridgehead atoms. The van der Waals surface area contributed by atoms with Crippen molar-refractivity contribution in [1.82, 2.24) is 20.1 Å². The van der Waals surface area contributed by atoms with Gasteiger partial charge in [0.05, 0.1) is 28.6 Å². The molecule has 0 spiro atoms. The van der Waals surface area contributed by atoms with Crippen LogP contribution < -0.4 is 5.32 Å². The number of hydrogen-bond donors (Lipinski definition) is 1. The number of carbonyl (C=O) groups is 1. The molecular weight excluding hydrogens is 493 g/mol. The second-order valence-corrected chi connectivity index (χ2v) is 9.20. The molecule has 2 heterocycles. The fourth-order valence-corrected chi connectivity index (χ4v) is 4.66. The number of nitrogens with one attached hydrogen (secondary N) is 1. The van der Waals surface area contributed by atoms with Crippen LogP contribution in [0.4, 0.5) is 13.2 Å². The minimum absolute atomic E-state index is 0.0188. The van der Waals surface area contributed by atoms with Gasteiger partial charge in [-0.05, 0) is 41.8 Å². The van der Waals surface area contributed by atoms with Crippen LogP contribution in [-0.4, -0.2) is 26.4 Å². The van der Waals surface area contributed by atoms with Crippen LogP contribution in [0.15, 0.2) is 71.2 Å². The smallest absolute Gasteiger partial charge is 0.350 e. The molecular formula is C22H16ClF3N4OS2. The zero-order valence-electron chi connectivity index (χ0n) is 16.8. The fourth-order valence-electron chi connectivity index (χ4n) is 3.01. The van der Waals surface area contributed by atoms with Gasteiger partial charge in [-0.25, -0.2) is 0 Å². The average Bonchev–Trinajstić information content (AvgIpc) is 3.46. The van der Waals surface area contributed by atoms with Gasteiger partial charge in [-0.1, -0.05) is 47.6 Å². The van der Waals surface area contributed by atoms with E-state index in [1.807, 2.05) is 17.5 Å². The van der Waals surface area contributed by atoms with E-state index < -0.39 is 11.7 Å². The summed E-state index contributed by atoms with van der Waals surface area (Å²) in [7, 11) is 0. The molecule has 0 radical (unpaired) electrons. The van der Waals surface area contributed by atoms with Crippen molar-refractivity contribution in [3.05, 3.63) is 81.5 Å². The summed E-state index contributed by atoms with van der Waals surface area (Å²) in [5.41, 5.74) is -0.0761. The van der Waals surface area contributed by atoms with Crippen LogP contribution >= 0.6 is 34.7 Å². The number of rotatable bonds is 7. The Balaban J connectivity index is 1.65. The van der Waals surface area contributed by atoms with Gasteiger partial charge in [-0.2, -0.15) is 13.2 Å². The zero-order valence-corrected chi connectivity index (χ0v) is 19.2. The van der Waals surface area contributed by atoms with Gasteiger partial charge in [0.25, 0.3) is 0 Å². The highest BCUT2D eigenvalue weighted by Crippen LogP contribution is 2.35. The highest BCUT2D eigenvalue weighted by Gasteiger charge is 2.31. The molecule has 0 saturated heterocycles. The molecule has 2 aromatic heterocycles. The monoisotopic (exact) mass is 508 g/mol. The number of benzene rings is 2. The van der Waals surface area contributed by atoms with Crippen molar-refractivity contribution < 1.29 is 18.0 Å². The Hall–Kier alpha value is -2.82. The first kappa shape index (κ1) is 23.3. The normalized spacial score (nSPS) is 11.5. The molecule has 1 N–H and O–H groups in total. The molecule has 2 aromatic carbocycles. The zero-order chi connectivity index (χ0) is 23.4. The van der Waals surface area contributed by atoms with Crippen LogP contribution in [0.5, 0.6) is 0 Å². The van der Waals surface area contributed by atoms with Crippen molar-refractivity contribution in [2.24, 2.45) is 0 Å². The van der Waals surface area contributed by atoms with E-state index in [2.05, 4.69) is 15.5 Å². The molecule has 0 aliphatic heterocycles. The maximum atomic E-state index is 13.3. The van der Waals surface area contributed by atoms with Gasteiger partial charge in [0.1, 0.15) is 0 Å². The second kappa shape index (κ2) is 9.98. The average molecular weight is 509 g/mol. The van der Waals surface area contributed by atoms with Gasteiger partial charge in [0.15, 0.2) is 11.0 Å². The summed E-state index contributed by atoms with van der Waals surface area (Å²) in [5.74, 6) is 0.0676. The highest BCUT2D eigenvalue weighted by molar-refractivity contribution is 7.99. The van der Waals surface area contributed by atoms with Crippen molar-refractivity contribution in [3.8, 4) is 17.1 Å². The Morgan fingerprint density at radius 2 is 1.91 bits per heavy atom. The fraction of sp³-hybridized carbons (Fsp3) is 0.136. The van der Waals surface area contributed by atoms with E-state index in [4.69, 9.17) is 11.6 Å². The second-order valence-electron chi connectivity index (χ2n) is 6.81. The Morgan fingerprint density at radius 3 is 2.64 bits per heavy atom. The van der Waals surface area contributed by atoms with Crippen LogP contribution in [0.2, 0.25) is 5.02 Å². The summed E-state index contributed by atoms with van der Waals surface area (Å²) in [6.07, 6.45) is -4.51. The van der Waals surface area contributed by atoms with Crippen LogP contribution in [0.3, 0.4) is 0 Å². The third-order valence-electron chi connectivity index (χ3n) is 4.55. The summed E-state index contributed by atoms with van der Waals surface area (Å²) < 4.78 is 41.5. The third kappa shape index (κ3) is 5.58. The van der Waals surface area contributed by atoms with E-state index >= 15 is 0 Å². The van der Waals surface area contributed by atoms with Crippen LogP contribution in [-0.2, 0) is 17.5 Å². The molecule has 5 nitrogen and oxygen atoms in total. The van der Waals surface area contributed by atoms with Crippen molar-refractivity contribution >= 4 is 40.6 Å². The Bertz CT molecular complexity index is 1260. The first-order valence-corrected chi connectivity index (χ1v) is 11.9. The number of nitrogens with zero attached hydrogens (tertiary/aromatic N) is 3. The van der Waals surface area contributed by atoms with Crippen molar-refractivity contribution in [3.63, 3.8) is 0 Å². The van der Waals surface area contributed by atoms with Crippen LogP contribution in [0.25, 0.3) is 17.1 Å². The molecule has 4 rings (SSSR count). The Labute approximate surface area is 200 Å². The molecule has 0 aliphatic carbocycles. The highest BCUT2D eigenvalue weighted by atomic mass is 35.5. The molecule has 0 saturated carbocycles. The summed E-state index contributed by atoms with van der Waals surface area (Å²) >= 11 is 8.93. The maximum Gasteiger partial charge on any atom is 0.416 e. The number of carbonyl (C=O) groups excluding carboxylic acids is 1. The predicted molar refractivity (Wildman–Crippen MR) is 124 cm³/mol. The minimum atomic E-state index is -4.51. The Kier molecular flexibility index (Phi) is 7.06. The number of aromatic nitrogens is 3. The Morgan fingerprint density at radius 1 is 1.09 bits per heavy atom. The van der Waals surface area contributed by atoms with Gasteiger partial charge in [0, 0.05) is 10.4 Å². The molecule has 170 valence electrons. The van der Waals surface area contributed by atoms with E-state index in [1.165, 1.54) is 28.0 Å². The van der Waals surface area contributed by atoms with Gasteiger partial charge in [0.2, 0.25) is 5.91 Å². The minimum Gasteiger partial charge on any atom is -0.350 e. The SMILES string of the molecule is O=C(CSc1nnc(-c2ccccc2Cl)n1-c1cccc(C(F)(F)F)c1)NCc1cccs1. The first-order chi connectivity index (χ1) is 15.8. The molecule has 0 unspecified atom stereocenters. The molecule has 33 heavy (non-hydrogen) atoms. The summed E-state index contributed by atoms with van der Waals surface area (Å²) in [5, 5.41) is 13.7.